The van der Waals surface area contributed by atoms with Gasteiger partial charge in [-0.15, -0.1) is 0 Å². The van der Waals surface area contributed by atoms with Crippen LogP contribution in [0.4, 0.5) is 0 Å². The fourth-order valence-electron chi connectivity index (χ4n) is 2.17. The van der Waals surface area contributed by atoms with Gasteiger partial charge < -0.3 is 4.98 Å². The Bertz CT molecular complexity index is 776. The maximum Gasteiger partial charge on any atom is 0.270 e. The Morgan fingerprint density at radius 2 is 1.67 bits per heavy atom. The highest BCUT2D eigenvalue weighted by Gasteiger charge is 2.17. The molecule has 0 radical (unpaired) electrons. The second-order valence-corrected chi connectivity index (χ2v) is 5.16. The van der Waals surface area contributed by atoms with Gasteiger partial charge in [-0.3, -0.25) is 4.79 Å². The fourth-order valence-corrected chi connectivity index (χ4v) is 2.31. The van der Waals surface area contributed by atoms with Crippen molar-refractivity contribution in [2.75, 3.05) is 0 Å². The fraction of sp³-hybridized carbons (Fsp3) is 0.0588. The van der Waals surface area contributed by atoms with Crippen molar-refractivity contribution in [1.82, 2.24) is 9.97 Å². The molecule has 2 aromatic carbocycles. The molecule has 0 atom stereocenters. The van der Waals surface area contributed by atoms with E-state index in [9.17, 15) is 4.79 Å². The van der Waals surface area contributed by atoms with Crippen molar-refractivity contribution in [1.29, 1.82) is 0 Å². The summed E-state index contributed by atoms with van der Waals surface area (Å²) in [5, 5.41) is -0.542. The Kier molecular flexibility index (Phi) is 3.59. The highest BCUT2D eigenvalue weighted by Crippen LogP contribution is 2.27. The molecule has 0 aliphatic rings. The van der Waals surface area contributed by atoms with E-state index in [1.165, 1.54) is 5.56 Å². The molecule has 1 aromatic heterocycles. The van der Waals surface area contributed by atoms with Crippen LogP contribution in [0.15, 0.2) is 54.6 Å². The number of carbonyl (C=O) groups is 1. The average Bonchev–Trinajstić information content (AvgIpc) is 2.94. The van der Waals surface area contributed by atoms with Gasteiger partial charge in [0.25, 0.3) is 5.24 Å². The van der Waals surface area contributed by atoms with Crippen molar-refractivity contribution in [2.45, 2.75) is 6.92 Å². The Balaban J connectivity index is 2.13. The van der Waals surface area contributed by atoms with Crippen LogP contribution in [0, 0.1) is 6.92 Å². The maximum absolute atomic E-state index is 11.6. The van der Waals surface area contributed by atoms with E-state index in [1.54, 1.807) is 0 Å². The van der Waals surface area contributed by atoms with Gasteiger partial charge in [0.1, 0.15) is 17.2 Å². The third-order valence-electron chi connectivity index (χ3n) is 3.27. The van der Waals surface area contributed by atoms with Crippen LogP contribution in [0.25, 0.3) is 22.6 Å². The smallest absolute Gasteiger partial charge is 0.270 e. The minimum atomic E-state index is -0.542. The summed E-state index contributed by atoms with van der Waals surface area (Å²) in [5.74, 6) is 0.637. The zero-order chi connectivity index (χ0) is 14.8. The van der Waals surface area contributed by atoms with Crippen LogP contribution in [-0.4, -0.2) is 15.2 Å². The third kappa shape index (κ3) is 2.73. The summed E-state index contributed by atoms with van der Waals surface area (Å²) in [6.45, 7) is 2.02. The van der Waals surface area contributed by atoms with Gasteiger partial charge in [0.05, 0.1) is 0 Å². The predicted octanol–water partition coefficient (Wildman–Crippen LogP) is 4.43. The highest BCUT2D eigenvalue weighted by atomic mass is 35.5. The van der Waals surface area contributed by atoms with Crippen molar-refractivity contribution in [3.63, 3.8) is 0 Å². The molecule has 3 aromatic rings. The molecule has 21 heavy (non-hydrogen) atoms. The first-order valence-electron chi connectivity index (χ1n) is 6.57. The van der Waals surface area contributed by atoms with E-state index < -0.39 is 5.24 Å². The molecular formula is C17H13ClN2O. The molecule has 0 amide bonds. The second kappa shape index (κ2) is 5.54. The number of aromatic nitrogens is 2. The number of imidazole rings is 1. The molecule has 1 heterocycles. The lowest BCUT2D eigenvalue weighted by molar-refractivity contribution is 0.107. The molecule has 3 nitrogen and oxygen atoms in total. The minimum Gasteiger partial charge on any atom is -0.334 e. The molecule has 0 fully saturated rings. The first-order chi connectivity index (χ1) is 10.1. The van der Waals surface area contributed by atoms with Crippen LogP contribution < -0.4 is 0 Å². The molecule has 0 aliphatic heterocycles. The van der Waals surface area contributed by atoms with Gasteiger partial charge in [0.2, 0.25) is 0 Å². The molecule has 3 rings (SSSR count). The van der Waals surface area contributed by atoms with Crippen molar-refractivity contribution in [3.05, 3.63) is 65.9 Å². The van der Waals surface area contributed by atoms with Crippen LogP contribution in [0.5, 0.6) is 0 Å². The lowest BCUT2D eigenvalue weighted by Crippen LogP contribution is -1.92. The second-order valence-electron chi connectivity index (χ2n) is 4.81. The Morgan fingerprint density at radius 3 is 2.29 bits per heavy atom. The van der Waals surface area contributed by atoms with Crippen LogP contribution >= 0.6 is 11.6 Å². The number of benzene rings is 2. The molecular weight excluding hydrogens is 284 g/mol. The molecule has 1 N–H and O–H groups in total. The van der Waals surface area contributed by atoms with E-state index in [-0.39, 0.29) is 0 Å². The number of nitrogens with one attached hydrogen (secondary N) is 1. The average molecular weight is 297 g/mol. The topological polar surface area (TPSA) is 45.8 Å². The minimum absolute atomic E-state index is 0.318. The van der Waals surface area contributed by atoms with Gasteiger partial charge in [-0.2, -0.15) is 0 Å². The summed E-state index contributed by atoms with van der Waals surface area (Å²) in [6, 6.07) is 17.5. The van der Waals surface area contributed by atoms with Gasteiger partial charge in [0, 0.05) is 11.1 Å². The van der Waals surface area contributed by atoms with E-state index in [2.05, 4.69) is 9.97 Å². The number of aromatic amines is 1. The van der Waals surface area contributed by atoms with Gasteiger partial charge >= 0.3 is 0 Å². The number of carbonyl (C=O) groups excluding carboxylic acids is 1. The highest BCUT2D eigenvalue weighted by molar-refractivity contribution is 6.68. The largest absolute Gasteiger partial charge is 0.334 e. The first-order valence-corrected chi connectivity index (χ1v) is 6.95. The van der Waals surface area contributed by atoms with E-state index in [1.807, 2.05) is 61.5 Å². The lowest BCUT2D eigenvalue weighted by Gasteiger charge is -1.97. The summed E-state index contributed by atoms with van der Waals surface area (Å²) >= 11 is 5.67. The monoisotopic (exact) mass is 296 g/mol. The van der Waals surface area contributed by atoms with Crippen LogP contribution in [0.2, 0.25) is 0 Å². The van der Waals surface area contributed by atoms with E-state index in [4.69, 9.17) is 11.6 Å². The van der Waals surface area contributed by atoms with Crippen molar-refractivity contribution in [3.8, 4) is 22.6 Å². The van der Waals surface area contributed by atoms with Crippen molar-refractivity contribution < 1.29 is 4.79 Å². The predicted molar refractivity (Wildman–Crippen MR) is 84.4 cm³/mol. The number of hydrogen-bond donors (Lipinski definition) is 1. The van der Waals surface area contributed by atoms with E-state index in [0.29, 0.717) is 17.2 Å². The maximum atomic E-state index is 11.6. The Morgan fingerprint density at radius 1 is 1.00 bits per heavy atom. The number of aryl methyl sites for hydroxylation is 1. The normalized spacial score (nSPS) is 10.6. The molecule has 0 spiro atoms. The Labute approximate surface area is 127 Å². The number of halogens is 1. The molecule has 0 bridgehead atoms. The van der Waals surface area contributed by atoms with Gasteiger partial charge in [0.15, 0.2) is 0 Å². The van der Waals surface area contributed by atoms with Crippen molar-refractivity contribution in [2.24, 2.45) is 0 Å². The molecule has 0 saturated carbocycles. The number of rotatable bonds is 3. The summed E-state index contributed by atoms with van der Waals surface area (Å²) in [5.41, 5.74) is 3.84. The Hall–Kier alpha value is -2.39. The number of H-pyrrole nitrogens is 1. The summed E-state index contributed by atoms with van der Waals surface area (Å²) in [6.07, 6.45) is 0. The summed E-state index contributed by atoms with van der Waals surface area (Å²) in [7, 11) is 0. The third-order valence-corrected chi connectivity index (χ3v) is 3.46. The van der Waals surface area contributed by atoms with Gasteiger partial charge in [-0.05, 0) is 18.5 Å². The SMILES string of the molecule is Cc1ccc(-c2nc(-c3ccccc3)c(C(=O)Cl)[nH]2)cc1. The first kappa shape index (κ1) is 13.6. The van der Waals surface area contributed by atoms with Crippen LogP contribution in [0.1, 0.15) is 16.1 Å². The van der Waals surface area contributed by atoms with Crippen molar-refractivity contribution >= 4 is 16.8 Å². The molecule has 0 aliphatic carbocycles. The summed E-state index contributed by atoms with van der Waals surface area (Å²) in [4.78, 5) is 19.2. The standard InChI is InChI=1S/C17H13ClN2O/c1-11-7-9-13(10-8-11)17-19-14(15(20-17)16(18)21)12-5-3-2-4-6-12/h2-10H,1H3,(H,19,20). The quantitative estimate of drug-likeness (QED) is 0.727. The molecule has 0 unspecified atom stereocenters. The van der Waals surface area contributed by atoms with E-state index in [0.717, 1.165) is 11.1 Å². The lowest BCUT2D eigenvalue weighted by atomic mass is 10.1. The zero-order valence-electron chi connectivity index (χ0n) is 11.4. The molecule has 0 saturated heterocycles. The number of nitrogens with zero attached hydrogens (tertiary/aromatic N) is 1. The van der Waals surface area contributed by atoms with Gasteiger partial charge in [-0.25, -0.2) is 4.98 Å². The van der Waals surface area contributed by atoms with Crippen LogP contribution in [-0.2, 0) is 0 Å². The van der Waals surface area contributed by atoms with Gasteiger partial charge in [-0.1, -0.05) is 60.2 Å². The molecule has 4 heteroatoms. The zero-order valence-corrected chi connectivity index (χ0v) is 12.2. The summed E-state index contributed by atoms with van der Waals surface area (Å²) < 4.78 is 0. The molecule has 104 valence electrons. The van der Waals surface area contributed by atoms with E-state index >= 15 is 0 Å². The van der Waals surface area contributed by atoms with Crippen LogP contribution in [0.3, 0.4) is 0 Å². The number of hydrogen-bond acceptors (Lipinski definition) is 2.